The van der Waals surface area contributed by atoms with E-state index in [2.05, 4.69) is 16.6 Å². The van der Waals surface area contributed by atoms with Crippen LogP contribution in [0.4, 0.5) is 5.69 Å². The maximum atomic E-state index is 5.78. The molecule has 0 saturated carbocycles. The van der Waals surface area contributed by atoms with Crippen LogP contribution in [-0.2, 0) is 0 Å². The normalized spacial score (nSPS) is 11.5. The van der Waals surface area contributed by atoms with Crippen LogP contribution in [0.5, 0.6) is 0 Å². The summed E-state index contributed by atoms with van der Waals surface area (Å²) >= 11 is 1.89. The summed E-state index contributed by atoms with van der Waals surface area (Å²) in [6.45, 7) is 0.806. The molecule has 0 aliphatic heterocycles. The van der Waals surface area contributed by atoms with E-state index in [4.69, 9.17) is 5.73 Å². The van der Waals surface area contributed by atoms with Crippen molar-refractivity contribution in [3.63, 3.8) is 0 Å². The Hall–Kier alpha value is -1.16. The highest BCUT2D eigenvalue weighted by atomic mass is 32.2. The monoisotopic (exact) mass is 251 g/mol. The summed E-state index contributed by atoms with van der Waals surface area (Å²) in [5, 5.41) is 3.07. The van der Waals surface area contributed by atoms with Crippen LogP contribution >= 0.6 is 11.8 Å². The SMILES string of the molecule is CSCCCCCN=C(N)Nc1ccccc1. The van der Waals surface area contributed by atoms with Gasteiger partial charge in [-0.15, -0.1) is 0 Å². The maximum absolute atomic E-state index is 5.78. The summed E-state index contributed by atoms with van der Waals surface area (Å²) in [6.07, 6.45) is 5.74. The van der Waals surface area contributed by atoms with Crippen LogP contribution in [0.1, 0.15) is 19.3 Å². The van der Waals surface area contributed by atoms with E-state index < -0.39 is 0 Å². The first-order chi connectivity index (χ1) is 8.33. The molecule has 0 aliphatic rings. The summed E-state index contributed by atoms with van der Waals surface area (Å²) in [7, 11) is 0. The fourth-order valence-electron chi connectivity index (χ4n) is 1.44. The number of nitrogens with zero attached hydrogens (tertiary/aromatic N) is 1. The number of hydrogen-bond donors (Lipinski definition) is 2. The van der Waals surface area contributed by atoms with E-state index >= 15 is 0 Å². The molecule has 1 rings (SSSR count). The molecule has 0 heterocycles. The molecule has 1 aromatic rings. The maximum Gasteiger partial charge on any atom is 0.193 e. The zero-order valence-electron chi connectivity index (χ0n) is 10.4. The van der Waals surface area contributed by atoms with E-state index in [9.17, 15) is 0 Å². The summed E-state index contributed by atoms with van der Waals surface area (Å²) in [4.78, 5) is 4.29. The van der Waals surface area contributed by atoms with Gasteiger partial charge in [0.05, 0.1) is 0 Å². The number of rotatable bonds is 7. The second kappa shape index (κ2) is 8.93. The average molecular weight is 251 g/mol. The predicted octanol–water partition coefficient (Wildman–Crippen LogP) is 2.95. The van der Waals surface area contributed by atoms with Crippen LogP contribution < -0.4 is 11.1 Å². The van der Waals surface area contributed by atoms with Gasteiger partial charge in [0.1, 0.15) is 0 Å². The number of para-hydroxylation sites is 1. The van der Waals surface area contributed by atoms with Crippen LogP contribution in [0.15, 0.2) is 35.3 Å². The fourth-order valence-corrected chi connectivity index (χ4v) is 1.94. The van der Waals surface area contributed by atoms with E-state index in [1.165, 1.54) is 18.6 Å². The average Bonchev–Trinajstić information content (AvgIpc) is 2.35. The zero-order valence-corrected chi connectivity index (χ0v) is 11.2. The first-order valence-corrected chi connectivity index (χ1v) is 7.33. The second-order valence-corrected chi connectivity index (χ2v) is 4.80. The summed E-state index contributed by atoms with van der Waals surface area (Å²) in [5.41, 5.74) is 6.76. The van der Waals surface area contributed by atoms with Crippen molar-refractivity contribution >= 4 is 23.4 Å². The quantitative estimate of drug-likeness (QED) is 0.445. The molecule has 1 aromatic carbocycles. The van der Waals surface area contributed by atoms with Crippen LogP contribution in [0.3, 0.4) is 0 Å². The van der Waals surface area contributed by atoms with Crippen LogP contribution in [0.25, 0.3) is 0 Å². The number of benzene rings is 1. The van der Waals surface area contributed by atoms with Gasteiger partial charge >= 0.3 is 0 Å². The van der Waals surface area contributed by atoms with E-state index in [0.29, 0.717) is 5.96 Å². The number of thioether (sulfide) groups is 1. The molecule has 0 radical (unpaired) electrons. The molecule has 0 aromatic heterocycles. The van der Waals surface area contributed by atoms with E-state index in [1.807, 2.05) is 42.1 Å². The number of anilines is 1. The fraction of sp³-hybridized carbons (Fsp3) is 0.462. The Labute approximate surface area is 108 Å². The lowest BCUT2D eigenvalue weighted by Gasteiger charge is -2.04. The predicted molar refractivity (Wildman–Crippen MR) is 78.8 cm³/mol. The number of nitrogens with one attached hydrogen (secondary N) is 1. The third-order valence-electron chi connectivity index (χ3n) is 2.33. The number of hydrogen-bond acceptors (Lipinski definition) is 2. The molecule has 0 saturated heterocycles. The van der Waals surface area contributed by atoms with Crippen molar-refractivity contribution in [2.75, 3.05) is 23.9 Å². The van der Waals surface area contributed by atoms with Gasteiger partial charge in [-0.2, -0.15) is 11.8 Å². The van der Waals surface area contributed by atoms with Gasteiger partial charge in [-0.25, -0.2) is 0 Å². The van der Waals surface area contributed by atoms with Crippen LogP contribution in [0.2, 0.25) is 0 Å². The number of unbranched alkanes of at least 4 members (excludes halogenated alkanes) is 2. The van der Waals surface area contributed by atoms with Gasteiger partial charge in [0, 0.05) is 12.2 Å². The Morgan fingerprint density at radius 3 is 2.71 bits per heavy atom. The van der Waals surface area contributed by atoms with Gasteiger partial charge < -0.3 is 11.1 Å². The molecule has 0 amide bonds. The molecule has 0 fully saturated rings. The second-order valence-electron chi connectivity index (χ2n) is 3.81. The van der Waals surface area contributed by atoms with Gasteiger partial charge in [-0.3, -0.25) is 4.99 Å². The molecular weight excluding hydrogens is 230 g/mol. The van der Waals surface area contributed by atoms with Crippen LogP contribution in [0, 0.1) is 0 Å². The highest BCUT2D eigenvalue weighted by molar-refractivity contribution is 7.98. The van der Waals surface area contributed by atoms with Gasteiger partial charge in [-0.05, 0) is 37.0 Å². The van der Waals surface area contributed by atoms with E-state index in [-0.39, 0.29) is 0 Å². The Morgan fingerprint density at radius 2 is 2.00 bits per heavy atom. The van der Waals surface area contributed by atoms with Gasteiger partial charge in [0.15, 0.2) is 5.96 Å². The lowest BCUT2D eigenvalue weighted by atomic mass is 10.2. The Bertz CT molecular complexity index is 325. The molecular formula is C13H21N3S. The number of aliphatic imine (C=N–C) groups is 1. The van der Waals surface area contributed by atoms with E-state index in [1.54, 1.807) is 0 Å². The highest BCUT2D eigenvalue weighted by Gasteiger charge is 1.93. The highest BCUT2D eigenvalue weighted by Crippen LogP contribution is 2.04. The molecule has 0 unspecified atom stereocenters. The van der Waals surface area contributed by atoms with Gasteiger partial charge in [0.2, 0.25) is 0 Å². The van der Waals surface area contributed by atoms with Crippen molar-refractivity contribution in [1.29, 1.82) is 0 Å². The third-order valence-corrected chi connectivity index (χ3v) is 3.03. The molecule has 94 valence electrons. The first-order valence-electron chi connectivity index (χ1n) is 5.94. The molecule has 0 bridgehead atoms. The summed E-state index contributed by atoms with van der Waals surface area (Å²) < 4.78 is 0. The minimum atomic E-state index is 0.501. The largest absolute Gasteiger partial charge is 0.370 e. The summed E-state index contributed by atoms with van der Waals surface area (Å²) in [6, 6.07) is 9.86. The van der Waals surface area contributed by atoms with Crippen molar-refractivity contribution in [3.8, 4) is 0 Å². The minimum absolute atomic E-state index is 0.501. The Kier molecular flexibility index (Phi) is 7.30. The molecule has 4 heteroatoms. The van der Waals surface area contributed by atoms with Crippen molar-refractivity contribution in [2.45, 2.75) is 19.3 Å². The van der Waals surface area contributed by atoms with Crippen molar-refractivity contribution in [2.24, 2.45) is 10.7 Å². The standard InChI is InChI=1S/C13H21N3S/c1-17-11-7-3-6-10-15-13(14)16-12-8-4-2-5-9-12/h2,4-5,8-9H,3,6-7,10-11H2,1H3,(H3,14,15,16). The third kappa shape index (κ3) is 6.89. The van der Waals surface area contributed by atoms with Crippen molar-refractivity contribution in [3.05, 3.63) is 30.3 Å². The van der Waals surface area contributed by atoms with Gasteiger partial charge in [0.25, 0.3) is 0 Å². The first kappa shape index (κ1) is 13.9. The van der Waals surface area contributed by atoms with Crippen molar-refractivity contribution < 1.29 is 0 Å². The lowest BCUT2D eigenvalue weighted by molar-refractivity contribution is 0.733. The van der Waals surface area contributed by atoms with Gasteiger partial charge in [-0.1, -0.05) is 24.6 Å². The lowest BCUT2D eigenvalue weighted by Crippen LogP contribution is -2.22. The molecule has 0 aliphatic carbocycles. The zero-order chi connectivity index (χ0) is 12.3. The molecule has 3 nitrogen and oxygen atoms in total. The number of guanidine groups is 1. The summed E-state index contributed by atoms with van der Waals surface area (Å²) in [5.74, 6) is 1.74. The molecule has 3 N–H and O–H groups in total. The molecule has 17 heavy (non-hydrogen) atoms. The van der Waals surface area contributed by atoms with Crippen molar-refractivity contribution in [1.82, 2.24) is 0 Å². The Morgan fingerprint density at radius 1 is 1.24 bits per heavy atom. The Balaban J connectivity index is 2.17. The minimum Gasteiger partial charge on any atom is -0.370 e. The molecule has 0 spiro atoms. The topological polar surface area (TPSA) is 50.4 Å². The van der Waals surface area contributed by atoms with E-state index in [0.717, 1.165) is 18.7 Å². The number of nitrogens with two attached hydrogens (primary N) is 1. The van der Waals surface area contributed by atoms with Crippen LogP contribution in [-0.4, -0.2) is 24.5 Å². The molecule has 0 atom stereocenters. The smallest absolute Gasteiger partial charge is 0.193 e.